The van der Waals surface area contributed by atoms with Crippen LogP contribution in [0, 0.1) is 0 Å². The van der Waals surface area contributed by atoms with Crippen LogP contribution in [0.4, 0.5) is 0 Å². The molecule has 2 unspecified atom stereocenters. The van der Waals surface area contributed by atoms with Crippen molar-refractivity contribution < 1.29 is 38.4 Å². The van der Waals surface area contributed by atoms with Crippen LogP contribution in [0.2, 0.25) is 0 Å². The highest BCUT2D eigenvalue weighted by molar-refractivity contribution is 5.93. The zero-order chi connectivity index (χ0) is 13.1. The molecule has 1 aliphatic rings. The molecule has 0 bridgehead atoms. The minimum atomic E-state index is -2.11. The summed E-state index contributed by atoms with van der Waals surface area (Å²) in [6, 6.07) is 0. The van der Waals surface area contributed by atoms with E-state index in [1.807, 2.05) is 0 Å². The molecule has 0 amide bonds. The van der Waals surface area contributed by atoms with Gasteiger partial charge in [-0.3, -0.25) is 4.79 Å². The number of methoxy groups -OCH3 is 2. The second-order valence-electron chi connectivity index (χ2n) is 3.26. The Kier molecular flexibility index (Phi) is 4.02. The van der Waals surface area contributed by atoms with Gasteiger partial charge < -0.3 is 24.1 Å². The van der Waals surface area contributed by atoms with Gasteiger partial charge in [0.25, 0.3) is 0 Å². The Bertz CT molecular complexity index is 338. The number of carbonyl (C=O) groups is 3. The van der Waals surface area contributed by atoms with Gasteiger partial charge in [0, 0.05) is 0 Å². The third kappa shape index (κ3) is 2.37. The molecule has 1 saturated heterocycles. The SMILES string of the molecule is COC(=O)CC1(C(=O)OC)OCOC(=O)C1O. The lowest BCUT2D eigenvalue weighted by atomic mass is 9.91. The van der Waals surface area contributed by atoms with Crippen molar-refractivity contribution in [3.63, 3.8) is 0 Å². The van der Waals surface area contributed by atoms with Gasteiger partial charge in [-0.25, -0.2) is 9.59 Å². The first kappa shape index (κ1) is 13.4. The highest BCUT2D eigenvalue weighted by Gasteiger charge is 2.56. The Labute approximate surface area is 96.4 Å². The third-order valence-electron chi connectivity index (χ3n) is 2.35. The number of esters is 3. The first-order chi connectivity index (χ1) is 7.97. The molecule has 1 N–H and O–H groups in total. The minimum Gasteiger partial charge on any atom is -0.469 e. The fourth-order valence-electron chi connectivity index (χ4n) is 1.39. The highest BCUT2D eigenvalue weighted by Crippen LogP contribution is 2.28. The highest BCUT2D eigenvalue weighted by atomic mass is 16.7. The van der Waals surface area contributed by atoms with Crippen LogP contribution in [0.5, 0.6) is 0 Å². The summed E-state index contributed by atoms with van der Waals surface area (Å²) in [5, 5.41) is 9.63. The van der Waals surface area contributed by atoms with Gasteiger partial charge in [0.05, 0.1) is 20.6 Å². The molecule has 0 aromatic heterocycles. The third-order valence-corrected chi connectivity index (χ3v) is 2.35. The Hall–Kier alpha value is -1.67. The average Bonchev–Trinajstić information content (AvgIpc) is 2.33. The number of cyclic esters (lactones) is 1. The van der Waals surface area contributed by atoms with Crippen LogP contribution in [-0.2, 0) is 33.3 Å². The van der Waals surface area contributed by atoms with Crippen molar-refractivity contribution in [1.29, 1.82) is 0 Å². The molecule has 0 spiro atoms. The van der Waals surface area contributed by atoms with E-state index < -0.39 is 42.8 Å². The summed E-state index contributed by atoms with van der Waals surface area (Å²) in [6.45, 7) is -0.554. The molecule has 0 aliphatic carbocycles. The van der Waals surface area contributed by atoms with Gasteiger partial charge in [0.2, 0.25) is 5.60 Å². The number of rotatable bonds is 3. The molecule has 1 rings (SSSR count). The zero-order valence-corrected chi connectivity index (χ0v) is 9.30. The molecule has 0 aromatic carbocycles. The lowest BCUT2D eigenvalue weighted by molar-refractivity contribution is -0.245. The fourth-order valence-corrected chi connectivity index (χ4v) is 1.39. The molecular formula is C9H12O8. The van der Waals surface area contributed by atoms with Crippen LogP contribution >= 0.6 is 0 Å². The number of aliphatic hydroxyl groups excluding tert-OH is 1. The van der Waals surface area contributed by atoms with E-state index in [-0.39, 0.29) is 0 Å². The van der Waals surface area contributed by atoms with Gasteiger partial charge in [0.1, 0.15) is 0 Å². The van der Waals surface area contributed by atoms with E-state index in [0.717, 1.165) is 14.2 Å². The quantitative estimate of drug-likeness (QED) is 0.467. The van der Waals surface area contributed by atoms with Gasteiger partial charge in [-0.15, -0.1) is 0 Å². The molecule has 17 heavy (non-hydrogen) atoms. The van der Waals surface area contributed by atoms with E-state index in [1.54, 1.807) is 0 Å². The van der Waals surface area contributed by atoms with Crippen molar-refractivity contribution in [1.82, 2.24) is 0 Å². The first-order valence-corrected chi connectivity index (χ1v) is 4.62. The lowest BCUT2D eigenvalue weighted by Gasteiger charge is -2.35. The van der Waals surface area contributed by atoms with Crippen molar-refractivity contribution in [3.05, 3.63) is 0 Å². The number of ether oxygens (including phenoxy) is 4. The van der Waals surface area contributed by atoms with Crippen molar-refractivity contribution in [3.8, 4) is 0 Å². The molecule has 8 nitrogen and oxygen atoms in total. The molecule has 2 atom stereocenters. The number of carbonyl (C=O) groups excluding carboxylic acids is 3. The molecular weight excluding hydrogens is 236 g/mol. The Morgan fingerprint density at radius 3 is 2.65 bits per heavy atom. The minimum absolute atomic E-state index is 0.554. The second kappa shape index (κ2) is 5.11. The summed E-state index contributed by atoms with van der Waals surface area (Å²) in [7, 11) is 2.14. The molecule has 1 heterocycles. The molecule has 1 aliphatic heterocycles. The van der Waals surface area contributed by atoms with Crippen LogP contribution < -0.4 is 0 Å². The van der Waals surface area contributed by atoms with Gasteiger partial charge in [-0.2, -0.15) is 0 Å². The number of hydrogen-bond donors (Lipinski definition) is 1. The topological polar surface area (TPSA) is 108 Å². The molecule has 8 heteroatoms. The van der Waals surface area contributed by atoms with Gasteiger partial charge in [-0.05, 0) is 0 Å². The fraction of sp³-hybridized carbons (Fsp3) is 0.667. The van der Waals surface area contributed by atoms with Crippen LogP contribution in [0.3, 0.4) is 0 Å². The zero-order valence-electron chi connectivity index (χ0n) is 9.30. The van der Waals surface area contributed by atoms with E-state index in [4.69, 9.17) is 4.74 Å². The lowest BCUT2D eigenvalue weighted by Crippen LogP contribution is -2.60. The predicted octanol–water partition coefficient (Wildman–Crippen LogP) is -1.65. The Morgan fingerprint density at radius 1 is 1.47 bits per heavy atom. The van der Waals surface area contributed by atoms with E-state index in [9.17, 15) is 19.5 Å². The number of hydrogen-bond acceptors (Lipinski definition) is 8. The molecule has 96 valence electrons. The summed E-state index contributed by atoms with van der Waals surface area (Å²) >= 11 is 0. The molecule has 0 radical (unpaired) electrons. The van der Waals surface area contributed by atoms with Crippen LogP contribution in [-0.4, -0.2) is 55.7 Å². The summed E-state index contributed by atoms with van der Waals surface area (Å²) in [5.74, 6) is -2.94. The van der Waals surface area contributed by atoms with Gasteiger partial charge in [0.15, 0.2) is 12.9 Å². The van der Waals surface area contributed by atoms with Crippen molar-refractivity contribution >= 4 is 17.9 Å². The van der Waals surface area contributed by atoms with Gasteiger partial charge >= 0.3 is 17.9 Å². The maximum absolute atomic E-state index is 11.6. The van der Waals surface area contributed by atoms with Crippen LogP contribution in [0.15, 0.2) is 0 Å². The maximum Gasteiger partial charge on any atom is 0.342 e. The van der Waals surface area contributed by atoms with E-state index >= 15 is 0 Å². The molecule has 0 aromatic rings. The Morgan fingerprint density at radius 2 is 2.12 bits per heavy atom. The normalized spacial score (nSPS) is 28.2. The van der Waals surface area contributed by atoms with Crippen LogP contribution in [0.1, 0.15) is 6.42 Å². The van der Waals surface area contributed by atoms with Crippen molar-refractivity contribution in [2.24, 2.45) is 0 Å². The maximum atomic E-state index is 11.6. The number of aliphatic hydroxyl groups is 1. The molecule has 0 saturated carbocycles. The second-order valence-corrected chi connectivity index (χ2v) is 3.26. The molecule has 1 fully saturated rings. The standard InChI is InChI=1S/C9H12O8/c1-14-5(10)3-9(8(13)15-2)6(11)7(12)16-4-17-9/h6,11H,3-4H2,1-2H3. The summed E-state index contributed by atoms with van der Waals surface area (Å²) in [4.78, 5) is 33.9. The largest absolute Gasteiger partial charge is 0.469 e. The summed E-state index contributed by atoms with van der Waals surface area (Å²) < 4.78 is 18.1. The smallest absolute Gasteiger partial charge is 0.342 e. The van der Waals surface area contributed by atoms with Gasteiger partial charge in [-0.1, -0.05) is 0 Å². The van der Waals surface area contributed by atoms with Crippen molar-refractivity contribution in [2.45, 2.75) is 18.1 Å². The van der Waals surface area contributed by atoms with Crippen molar-refractivity contribution in [2.75, 3.05) is 21.0 Å². The average molecular weight is 248 g/mol. The van der Waals surface area contributed by atoms with Crippen LogP contribution in [0.25, 0.3) is 0 Å². The van der Waals surface area contributed by atoms with E-state index in [2.05, 4.69) is 14.2 Å². The van der Waals surface area contributed by atoms with E-state index in [0.29, 0.717) is 0 Å². The summed E-state index contributed by atoms with van der Waals surface area (Å²) in [6.07, 6.45) is -2.59. The summed E-state index contributed by atoms with van der Waals surface area (Å²) in [5.41, 5.74) is -2.11. The predicted molar refractivity (Wildman–Crippen MR) is 49.4 cm³/mol. The Balaban J connectivity index is 3.04. The monoisotopic (exact) mass is 248 g/mol. The first-order valence-electron chi connectivity index (χ1n) is 4.62. The van der Waals surface area contributed by atoms with E-state index in [1.165, 1.54) is 0 Å².